The van der Waals surface area contributed by atoms with Gasteiger partial charge in [0, 0.05) is 11.3 Å². The van der Waals surface area contributed by atoms with Crippen LogP contribution in [-0.4, -0.2) is 19.3 Å². The molecule has 0 fully saturated rings. The van der Waals surface area contributed by atoms with E-state index in [1.165, 1.54) is 11.3 Å². The van der Waals surface area contributed by atoms with Crippen molar-refractivity contribution < 1.29 is 13.2 Å². The van der Waals surface area contributed by atoms with E-state index >= 15 is 0 Å². The number of carbonyl (C=O) groups excluding carboxylic acids is 1. The Morgan fingerprint density at radius 1 is 0.966 bits per heavy atom. The molecule has 6 nitrogen and oxygen atoms in total. The number of rotatable bonds is 5. The number of hydrogen-bond donors (Lipinski definition) is 2. The molecule has 29 heavy (non-hydrogen) atoms. The maximum absolute atomic E-state index is 12.6. The quantitative estimate of drug-likeness (QED) is 0.489. The molecule has 0 saturated carbocycles. The number of aromatic nitrogens is 1. The van der Waals surface area contributed by atoms with Crippen molar-refractivity contribution in [3.05, 3.63) is 83.9 Å². The van der Waals surface area contributed by atoms with Crippen molar-refractivity contribution in [1.82, 2.24) is 4.98 Å². The van der Waals surface area contributed by atoms with Crippen LogP contribution in [0, 0.1) is 6.92 Å². The topological polar surface area (TPSA) is 88.2 Å². The summed E-state index contributed by atoms with van der Waals surface area (Å²) < 4.78 is 28.3. The third kappa shape index (κ3) is 4.28. The molecule has 3 aromatic carbocycles. The predicted molar refractivity (Wildman–Crippen MR) is 116 cm³/mol. The Hall–Kier alpha value is -3.23. The largest absolute Gasteiger partial charge is 0.322 e. The van der Waals surface area contributed by atoms with Crippen LogP contribution in [0.3, 0.4) is 0 Å². The van der Waals surface area contributed by atoms with E-state index < -0.39 is 10.0 Å². The number of sulfonamides is 1. The second kappa shape index (κ2) is 7.65. The number of aryl methyl sites for hydroxylation is 1. The summed E-state index contributed by atoms with van der Waals surface area (Å²) in [4.78, 5) is 17.0. The van der Waals surface area contributed by atoms with Gasteiger partial charge in [-0.25, -0.2) is 13.4 Å². The SMILES string of the molecule is Cc1ccc(S(=O)(=O)Nc2nc3ccc(C(=O)Nc4ccccc4)cc3s2)cc1. The van der Waals surface area contributed by atoms with Gasteiger partial charge in [0.1, 0.15) is 0 Å². The molecule has 1 amide bonds. The first-order valence-corrected chi connectivity index (χ1v) is 11.1. The van der Waals surface area contributed by atoms with E-state index in [2.05, 4.69) is 15.0 Å². The maximum atomic E-state index is 12.6. The molecule has 0 spiro atoms. The molecule has 0 unspecified atom stereocenters. The predicted octanol–water partition coefficient (Wildman–Crippen LogP) is 4.66. The van der Waals surface area contributed by atoms with E-state index in [1.54, 1.807) is 54.6 Å². The van der Waals surface area contributed by atoms with Gasteiger partial charge < -0.3 is 5.32 Å². The molecular formula is C21H17N3O3S2. The maximum Gasteiger partial charge on any atom is 0.263 e. The summed E-state index contributed by atoms with van der Waals surface area (Å²) in [5, 5.41) is 3.08. The molecule has 0 aliphatic heterocycles. The van der Waals surface area contributed by atoms with Crippen LogP contribution in [0.4, 0.5) is 10.8 Å². The molecule has 4 rings (SSSR count). The highest BCUT2D eigenvalue weighted by atomic mass is 32.2. The number of para-hydroxylation sites is 1. The first-order chi connectivity index (χ1) is 13.9. The number of benzene rings is 3. The van der Waals surface area contributed by atoms with E-state index in [-0.39, 0.29) is 15.9 Å². The van der Waals surface area contributed by atoms with Gasteiger partial charge in [0.15, 0.2) is 5.13 Å². The number of amides is 1. The lowest BCUT2D eigenvalue weighted by Gasteiger charge is -2.05. The van der Waals surface area contributed by atoms with Crippen molar-refractivity contribution in [2.75, 3.05) is 10.0 Å². The van der Waals surface area contributed by atoms with Crippen LogP contribution in [0.25, 0.3) is 10.2 Å². The summed E-state index contributed by atoms with van der Waals surface area (Å²) in [6.45, 7) is 1.89. The first-order valence-electron chi connectivity index (χ1n) is 8.77. The van der Waals surface area contributed by atoms with Crippen LogP contribution in [-0.2, 0) is 10.0 Å². The Balaban J connectivity index is 1.57. The van der Waals surface area contributed by atoms with E-state index in [1.807, 2.05) is 25.1 Å². The highest BCUT2D eigenvalue weighted by Gasteiger charge is 2.17. The van der Waals surface area contributed by atoms with Gasteiger partial charge in [-0.15, -0.1) is 0 Å². The molecule has 0 bridgehead atoms. The molecule has 0 saturated heterocycles. The van der Waals surface area contributed by atoms with Gasteiger partial charge in [0.2, 0.25) is 0 Å². The Morgan fingerprint density at radius 2 is 1.69 bits per heavy atom. The monoisotopic (exact) mass is 423 g/mol. The van der Waals surface area contributed by atoms with Gasteiger partial charge in [-0.1, -0.05) is 47.2 Å². The normalized spacial score (nSPS) is 11.3. The van der Waals surface area contributed by atoms with Gasteiger partial charge in [-0.05, 0) is 49.4 Å². The van der Waals surface area contributed by atoms with Crippen LogP contribution in [0.5, 0.6) is 0 Å². The summed E-state index contributed by atoms with van der Waals surface area (Å²) in [5.41, 5.74) is 2.77. The van der Waals surface area contributed by atoms with Crippen LogP contribution >= 0.6 is 11.3 Å². The molecular weight excluding hydrogens is 406 g/mol. The molecule has 4 aromatic rings. The molecule has 1 aromatic heterocycles. The number of anilines is 2. The number of nitrogens with zero attached hydrogens (tertiary/aromatic N) is 1. The number of carbonyl (C=O) groups is 1. The minimum absolute atomic E-state index is 0.172. The number of thiazole rings is 1. The first kappa shape index (κ1) is 19.1. The van der Waals surface area contributed by atoms with Crippen molar-refractivity contribution in [3.63, 3.8) is 0 Å². The highest BCUT2D eigenvalue weighted by Crippen LogP contribution is 2.29. The van der Waals surface area contributed by atoms with Crippen LogP contribution < -0.4 is 10.0 Å². The van der Waals surface area contributed by atoms with Gasteiger partial charge in [0.25, 0.3) is 15.9 Å². The fourth-order valence-corrected chi connectivity index (χ4v) is 4.87. The Bertz CT molecular complexity index is 1280. The lowest BCUT2D eigenvalue weighted by Crippen LogP contribution is -2.12. The molecule has 0 aliphatic carbocycles. The van der Waals surface area contributed by atoms with Crippen LogP contribution in [0.15, 0.2) is 77.7 Å². The van der Waals surface area contributed by atoms with Gasteiger partial charge in [-0.3, -0.25) is 9.52 Å². The van der Waals surface area contributed by atoms with E-state index in [0.717, 1.165) is 5.56 Å². The fourth-order valence-electron chi connectivity index (χ4n) is 2.73. The van der Waals surface area contributed by atoms with Crippen molar-refractivity contribution in [2.45, 2.75) is 11.8 Å². The zero-order valence-corrected chi connectivity index (χ0v) is 17.0. The summed E-state index contributed by atoms with van der Waals surface area (Å²) >= 11 is 1.18. The third-order valence-electron chi connectivity index (χ3n) is 4.24. The van der Waals surface area contributed by atoms with E-state index in [4.69, 9.17) is 0 Å². The average molecular weight is 424 g/mol. The summed E-state index contributed by atoms with van der Waals surface area (Å²) in [6, 6.07) is 20.8. The molecule has 2 N–H and O–H groups in total. The molecule has 0 radical (unpaired) electrons. The zero-order chi connectivity index (χ0) is 20.4. The molecule has 146 valence electrons. The lowest BCUT2D eigenvalue weighted by atomic mass is 10.2. The van der Waals surface area contributed by atoms with Crippen molar-refractivity contribution in [1.29, 1.82) is 0 Å². The van der Waals surface area contributed by atoms with Crippen molar-refractivity contribution >= 4 is 48.3 Å². The second-order valence-electron chi connectivity index (χ2n) is 6.44. The standard InChI is InChI=1S/C21H17N3O3S2/c1-14-7-10-17(11-8-14)29(26,27)24-21-23-18-12-9-15(13-19(18)28-21)20(25)22-16-5-3-2-4-6-16/h2-13H,1H3,(H,22,25)(H,23,24). The van der Waals surface area contributed by atoms with Crippen LogP contribution in [0.2, 0.25) is 0 Å². The fraction of sp³-hybridized carbons (Fsp3) is 0.0476. The number of fused-ring (bicyclic) bond motifs is 1. The van der Waals surface area contributed by atoms with E-state index in [9.17, 15) is 13.2 Å². The molecule has 1 heterocycles. The number of hydrogen-bond acceptors (Lipinski definition) is 5. The summed E-state index contributed by atoms with van der Waals surface area (Å²) in [6.07, 6.45) is 0. The van der Waals surface area contributed by atoms with Gasteiger partial charge in [0.05, 0.1) is 15.1 Å². The Morgan fingerprint density at radius 3 is 2.41 bits per heavy atom. The summed E-state index contributed by atoms with van der Waals surface area (Å²) in [7, 11) is -3.73. The third-order valence-corrected chi connectivity index (χ3v) is 6.65. The average Bonchev–Trinajstić information content (AvgIpc) is 3.09. The molecule has 0 atom stereocenters. The van der Waals surface area contributed by atoms with Gasteiger partial charge in [-0.2, -0.15) is 0 Å². The second-order valence-corrected chi connectivity index (χ2v) is 9.15. The van der Waals surface area contributed by atoms with Gasteiger partial charge >= 0.3 is 0 Å². The van der Waals surface area contributed by atoms with E-state index in [0.29, 0.717) is 21.5 Å². The highest BCUT2D eigenvalue weighted by molar-refractivity contribution is 7.93. The van der Waals surface area contributed by atoms with Crippen molar-refractivity contribution in [3.8, 4) is 0 Å². The summed E-state index contributed by atoms with van der Waals surface area (Å²) in [5.74, 6) is -0.242. The Labute approximate surface area is 172 Å². The van der Waals surface area contributed by atoms with Crippen molar-refractivity contribution in [2.24, 2.45) is 0 Å². The Kier molecular flexibility index (Phi) is 5.04. The number of nitrogens with one attached hydrogen (secondary N) is 2. The minimum Gasteiger partial charge on any atom is -0.322 e. The minimum atomic E-state index is -3.73. The zero-order valence-electron chi connectivity index (χ0n) is 15.4. The molecule has 8 heteroatoms. The molecule has 0 aliphatic rings. The lowest BCUT2D eigenvalue weighted by molar-refractivity contribution is 0.102. The smallest absolute Gasteiger partial charge is 0.263 e. The van der Waals surface area contributed by atoms with Crippen LogP contribution in [0.1, 0.15) is 15.9 Å².